The predicted molar refractivity (Wildman–Crippen MR) is 75.6 cm³/mol. The van der Waals surface area contributed by atoms with Crippen molar-refractivity contribution in [3.05, 3.63) is 21.9 Å². The van der Waals surface area contributed by atoms with Crippen molar-refractivity contribution in [1.29, 1.82) is 0 Å². The molecule has 1 atom stereocenters. The smallest absolute Gasteiger partial charge is 0.191 e. The average molecular weight is 249 g/mol. The van der Waals surface area contributed by atoms with Crippen molar-refractivity contribution in [2.24, 2.45) is 4.99 Å². The molecule has 3 nitrogen and oxygen atoms in total. The SMILES string of the molecule is C#CCNC(=NC)NC(C)Cc1ccc(C)s1. The molecule has 1 unspecified atom stereocenters. The van der Waals surface area contributed by atoms with Crippen LogP contribution in [0.2, 0.25) is 0 Å². The molecule has 0 saturated carbocycles. The Kier molecular flexibility index (Phi) is 5.58. The summed E-state index contributed by atoms with van der Waals surface area (Å²) in [5.41, 5.74) is 0. The van der Waals surface area contributed by atoms with Crippen LogP contribution in [-0.2, 0) is 6.42 Å². The summed E-state index contributed by atoms with van der Waals surface area (Å²) in [5, 5.41) is 6.36. The maximum absolute atomic E-state index is 5.20. The summed E-state index contributed by atoms with van der Waals surface area (Å²) in [7, 11) is 1.74. The molecule has 0 saturated heterocycles. The van der Waals surface area contributed by atoms with Gasteiger partial charge < -0.3 is 10.6 Å². The molecule has 0 spiro atoms. The largest absolute Gasteiger partial charge is 0.354 e. The van der Waals surface area contributed by atoms with Crippen LogP contribution >= 0.6 is 11.3 Å². The van der Waals surface area contributed by atoms with Crippen LogP contribution in [0.15, 0.2) is 17.1 Å². The molecule has 0 aromatic carbocycles. The summed E-state index contributed by atoms with van der Waals surface area (Å²) in [6.07, 6.45) is 6.19. The number of hydrogen-bond donors (Lipinski definition) is 2. The first kappa shape index (κ1) is 13.6. The van der Waals surface area contributed by atoms with E-state index in [4.69, 9.17) is 6.42 Å². The minimum atomic E-state index is 0.331. The molecule has 0 aliphatic rings. The van der Waals surface area contributed by atoms with Crippen LogP contribution in [0, 0.1) is 19.3 Å². The van der Waals surface area contributed by atoms with Gasteiger partial charge in [-0.3, -0.25) is 4.99 Å². The lowest BCUT2D eigenvalue weighted by Gasteiger charge is -2.16. The first-order chi connectivity index (χ1) is 8.15. The summed E-state index contributed by atoms with van der Waals surface area (Å²) in [6.45, 7) is 4.75. The van der Waals surface area contributed by atoms with Crippen molar-refractivity contribution >= 4 is 17.3 Å². The fraction of sp³-hybridized carbons (Fsp3) is 0.462. The van der Waals surface area contributed by atoms with Gasteiger partial charge in [0.2, 0.25) is 0 Å². The van der Waals surface area contributed by atoms with Crippen molar-refractivity contribution in [2.45, 2.75) is 26.3 Å². The van der Waals surface area contributed by atoms with Gasteiger partial charge in [-0.1, -0.05) is 5.92 Å². The van der Waals surface area contributed by atoms with Crippen molar-refractivity contribution in [2.75, 3.05) is 13.6 Å². The van der Waals surface area contributed by atoms with Gasteiger partial charge in [0.15, 0.2) is 5.96 Å². The van der Waals surface area contributed by atoms with Gasteiger partial charge in [-0.2, -0.15) is 0 Å². The van der Waals surface area contributed by atoms with E-state index in [-0.39, 0.29) is 0 Å². The van der Waals surface area contributed by atoms with Gasteiger partial charge in [-0.15, -0.1) is 17.8 Å². The molecule has 1 aromatic heterocycles. The minimum Gasteiger partial charge on any atom is -0.354 e. The first-order valence-corrected chi connectivity index (χ1v) is 6.43. The Morgan fingerprint density at radius 1 is 1.59 bits per heavy atom. The van der Waals surface area contributed by atoms with Crippen LogP contribution in [0.5, 0.6) is 0 Å². The van der Waals surface area contributed by atoms with E-state index in [9.17, 15) is 0 Å². The molecule has 92 valence electrons. The highest BCUT2D eigenvalue weighted by atomic mass is 32.1. The molecule has 0 aliphatic heterocycles. The molecule has 0 aliphatic carbocycles. The summed E-state index contributed by atoms with van der Waals surface area (Å²) in [4.78, 5) is 6.85. The summed E-state index contributed by atoms with van der Waals surface area (Å²) < 4.78 is 0. The molecule has 1 rings (SSSR count). The second-order valence-corrected chi connectivity index (χ2v) is 5.26. The highest BCUT2D eigenvalue weighted by Gasteiger charge is 2.07. The zero-order valence-electron chi connectivity index (χ0n) is 10.6. The van der Waals surface area contributed by atoms with Gasteiger partial charge in [0.25, 0.3) is 0 Å². The van der Waals surface area contributed by atoms with E-state index in [0.29, 0.717) is 12.6 Å². The van der Waals surface area contributed by atoms with E-state index < -0.39 is 0 Å². The molecule has 17 heavy (non-hydrogen) atoms. The Balaban J connectivity index is 2.43. The molecule has 2 N–H and O–H groups in total. The Bertz CT molecular complexity index is 415. The molecule has 4 heteroatoms. The van der Waals surface area contributed by atoms with Gasteiger partial charge in [0, 0.05) is 29.3 Å². The molecule has 0 radical (unpaired) electrons. The Hall–Kier alpha value is -1.47. The number of rotatable bonds is 4. The summed E-state index contributed by atoms with van der Waals surface area (Å²) >= 11 is 1.84. The topological polar surface area (TPSA) is 36.4 Å². The van der Waals surface area contributed by atoms with E-state index in [0.717, 1.165) is 12.4 Å². The number of guanidine groups is 1. The molecule has 1 aromatic rings. The van der Waals surface area contributed by atoms with E-state index in [1.165, 1.54) is 9.75 Å². The Morgan fingerprint density at radius 2 is 2.35 bits per heavy atom. The average Bonchev–Trinajstić information content (AvgIpc) is 2.69. The van der Waals surface area contributed by atoms with Crippen molar-refractivity contribution < 1.29 is 0 Å². The second-order valence-electron chi connectivity index (χ2n) is 3.89. The molecule has 0 fully saturated rings. The maximum Gasteiger partial charge on any atom is 0.191 e. The number of hydrogen-bond acceptors (Lipinski definition) is 2. The first-order valence-electron chi connectivity index (χ1n) is 5.61. The van der Waals surface area contributed by atoms with Crippen molar-refractivity contribution in [1.82, 2.24) is 10.6 Å². The standard InChI is InChI=1S/C13H19N3S/c1-5-8-15-13(14-4)16-10(2)9-12-7-6-11(3)17-12/h1,6-7,10H,8-9H2,2-4H3,(H2,14,15,16). The minimum absolute atomic E-state index is 0.331. The highest BCUT2D eigenvalue weighted by Crippen LogP contribution is 2.16. The zero-order valence-corrected chi connectivity index (χ0v) is 11.4. The lowest BCUT2D eigenvalue weighted by Crippen LogP contribution is -2.43. The van der Waals surface area contributed by atoms with Crippen LogP contribution in [0.1, 0.15) is 16.7 Å². The maximum atomic E-state index is 5.20. The van der Waals surface area contributed by atoms with Crippen LogP contribution in [-0.4, -0.2) is 25.6 Å². The Morgan fingerprint density at radius 3 is 2.88 bits per heavy atom. The number of aryl methyl sites for hydroxylation is 1. The quantitative estimate of drug-likeness (QED) is 0.485. The lowest BCUT2D eigenvalue weighted by atomic mass is 10.2. The van der Waals surface area contributed by atoms with Crippen LogP contribution in [0.3, 0.4) is 0 Å². The molecular weight excluding hydrogens is 230 g/mol. The van der Waals surface area contributed by atoms with Crippen LogP contribution in [0.25, 0.3) is 0 Å². The Labute approximate surface area is 107 Å². The van der Waals surface area contributed by atoms with E-state index in [1.807, 2.05) is 11.3 Å². The third-order valence-electron chi connectivity index (χ3n) is 2.27. The monoisotopic (exact) mass is 249 g/mol. The van der Waals surface area contributed by atoms with Gasteiger partial charge in [-0.05, 0) is 26.0 Å². The predicted octanol–water partition coefficient (Wildman–Crippen LogP) is 1.79. The second kappa shape index (κ2) is 6.97. The number of aliphatic imine (C=N–C) groups is 1. The van der Waals surface area contributed by atoms with Crippen molar-refractivity contribution in [3.8, 4) is 12.3 Å². The summed E-state index contributed by atoms with van der Waals surface area (Å²) in [5.74, 6) is 3.28. The van der Waals surface area contributed by atoms with Gasteiger partial charge in [0.1, 0.15) is 0 Å². The van der Waals surface area contributed by atoms with Crippen molar-refractivity contribution in [3.63, 3.8) is 0 Å². The zero-order chi connectivity index (χ0) is 12.7. The van der Waals surface area contributed by atoms with E-state index in [1.54, 1.807) is 7.05 Å². The van der Waals surface area contributed by atoms with Gasteiger partial charge >= 0.3 is 0 Å². The molecule has 1 heterocycles. The summed E-state index contributed by atoms with van der Waals surface area (Å²) in [6, 6.07) is 4.66. The fourth-order valence-corrected chi connectivity index (χ4v) is 2.53. The molecule has 0 amide bonds. The van der Waals surface area contributed by atoms with Gasteiger partial charge in [-0.25, -0.2) is 0 Å². The third-order valence-corrected chi connectivity index (χ3v) is 3.29. The normalized spacial score (nSPS) is 12.9. The number of thiophene rings is 1. The number of nitrogens with zero attached hydrogens (tertiary/aromatic N) is 1. The third kappa shape index (κ3) is 4.92. The van der Waals surface area contributed by atoms with Crippen LogP contribution in [0.4, 0.5) is 0 Å². The van der Waals surface area contributed by atoms with Crippen LogP contribution < -0.4 is 10.6 Å². The van der Waals surface area contributed by atoms with E-state index in [2.05, 4.69) is 47.5 Å². The lowest BCUT2D eigenvalue weighted by molar-refractivity contribution is 0.651. The molecular formula is C13H19N3S. The van der Waals surface area contributed by atoms with E-state index >= 15 is 0 Å². The molecule has 0 bridgehead atoms. The fourth-order valence-electron chi connectivity index (χ4n) is 1.51. The van der Waals surface area contributed by atoms with Gasteiger partial charge in [0.05, 0.1) is 6.54 Å². The highest BCUT2D eigenvalue weighted by molar-refractivity contribution is 7.11. The number of nitrogens with one attached hydrogen (secondary N) is 2. The number of terminal acetylenes is 1.